The Bertz CT molecular complexity index is 1820. The Morgan fingerprint density at radius 3 is 1.31 bits per heavy atom. The summed E-state index contributed by atoms with van der Waals surface area (Å²) < 4.78 is 157. The van der Waals surface area contributed by atoms with Crippen LogP contribution in [0.5, 0.6) is 11.5 Å². The van der Waals surface area contributed by atoms with Crippen LogP contribution >= 0.6 is 0 Å². The highest BCUT2D eigenvalue weighted by atomic mass is 32.2. The molecule has 4 aromatic carbocycles. The lowest BCUT2D eigenvalue weighted by atomic mass is 10.0. The molecule has 0 saturated heterocycles. The highest BCUT2D eigenvalue weighted by molar-refractivity contribution is 7.97. The number of benzene rings is 4. The minimum absolute atomic E-state index is 0.263. The summed E-state index contributed by atoms with van der Waals surface area (Å²) in [4.78, 5) is 0.906. The van der Waals surface area contributed by atoms with Gasteiger partial charge in [0.25, 0.3) is 0 Å². The fourth-order valence-corrected chi connectivity index (χ4v) is 7.50. The van der Waals surface area contributed by atoms with Crippen LogP contribution in [0.1, 0.15) is 58.2 Å². The molecule has 0 aliphatic heterocycles. The predicted octanol–water partition coefficient (Wildman–Crippen LogP) is 10.8. The van der Waals surface area contributed by atoms with Crippen LogP contribution in [-0.4, -0.2) is 24.2 Å². The van der Waals surface area contributed by atoms with Gasteiger partial charge in [0.1, 0.15) is 38.0 Å². The summed E-state index contributed by atoms with van der Waals surface area (Å²) in [5.41, 5.74) is -8.62. The van der Waals surface area contributed by atoms with Crippen LogP contribution in [0.15, 0.2) is 111 Å². The maximum absolute atomic E-state index is 12.6. The molecule has 0 spiro atoms. The van der Waals surface area contributed by atoms with Crippen LogP contribution in [0.3, 0.4) is 0 Å². The molecule has 0 N–H and O–H groups in total. The van der Waals surface area contributed by atoms with E-state index in [9.17, 15) is 52.5 Å². The molecule has 4 aromatic rings. The number of hydrogen-bond donors (Lipinski definition) is 0. The Morgan fingerprint density at radius 2 is 0.980 bits per heavy atom. The standard InChI is InChI=1S/C26H31O2S.C9H3F9O3S/c1-25(2,3)27-20-17-18-24(23(19-20)28-26(4,5)6)29(21-13-9-7-10-14-21)22-15-11-8-12-16-22;10-7(11,12)3-1-4(8(13,14)15)6(22(19,20)21)5(2-3)9(16,17)18/h7-19H,1-6H3;1-2H,(H,19,20,21)/q+1;/p-1. The van der Waals surface area contributed by atoms with Crippen LogP contribution in [0.2, 0.25) is 0 Å². The smallest absolute Gasteiger partial charge is 0.417 e. The van der Waals surface area contributed by atoms with Crippen molar-refractivity contribution < 1.29 is 62.0 Å². The SMILES string of the molecule is CC(C)(C)Oc1ccc([S+](c2ccccc2)c2ccccc2)c(OC(C)(C)C)c1.O=S(=O)([O-])c1c(C(F)(F)F)cc(C(F)(F)F)cc1C(F)(F)F. The van der Waals surface area contributed by atoms with Crippen LogP contribution < -0.4 is 9.47 Å². The fraction of sp³-hybridized carbons (Fsp3) is 0.314. The van der Waals surface area contributed by atoms with E-state index in [-0.39, 0.29) is 22.1 Å². The normalized spacial score (nSPS) is 13.0. The predicted molar refractivity (Wildman–Crippen MR) is 172 cm³/mol. The van der Waals surface area contributed by atoms with Crippen molar-refractivity contribution in [2.45, 2.75) is 90.9 Å². The third kappa shape index (κ3) is 11.8. The summed E-state index contributed by atoms with van der Waals surface area (Å²) in [5.74, 6) is 1.69. The van der Waals surface area contributed by atoms with E-state index in [1.54, 1.807) is 0 Å². The second kappa shape index (κ2) is 15.0. The first-order valence-electron chi connectivity index (χ1n) is 14.8. The lowest BCUT2D eigenvalue weighted by Gasteiger charge is -2.25. The number of ether oxygens (including phenoxy) is 2. The van der Waals surface area contributed by atoms with E-state index in [1.807, 2.05) is 6.07 Å². The molecule has 0 unspecified atom stereocenters. The molecule has 278 valence electrons. The molecule has 0 fully saturated rings. The quantitative estimate of drug-likeness (QED) is 0.111. The van der Waals surface area contributed by atoms with E-state index in [0.29, 0.717) is 0 Å². The molecule has 5 nitrogen and oxygen atoms in total. The molecule has 51 heavy (non-hydrogen) atoms. The first-order chi connectivity index (χ1) is 23.1. The topological polar surface area (TPSA) is 75.7 Å². The van der Waals surface area contributed by atoms with Crippen molar-refractivity contribution in [2.75, 3.05) is 0 Å². The zero-order valence-corrected chi connectivity index (χ0v) is 29.6. The first-order valence-corrected chi connectivity index (χ1v) is 17.4. The molecule has 0 aliphatic carbocycles. The number of hydrogen-bond acceptors (Lipinski definition) is 5. The molecule has 0 saturated carbocycles. The summed E-state index contributed by atoms with van der Waals surface area (Å²) in [5, 5.41) is 0. The van der Waals surface area contributed by atoms with E-state index >= 15 is 0 Å². The van der Waals surface area contributed by atoms with E-state index in [1.165, 1.54) is 14.7 Å². The van der Waals surface area contributed by atoms with Gasteiger partial charge in [0.05, 0.1) is 21.6 Å². The van der Waals surface area contributed by atoms with Gasteiger partial charge in [0.2, 0.25) is 4.90 Å². The fourth-order valence-electron chi connectivity index (χ4n) is 4.47. The van der Waals surface area contributed by atoms with Crippen molar-refractivity contribution in [3.05, 3.63) is 108 Å². The Labute approximate surface area is 292 Å². The lowest BCUT2D eigenvalue weighted by molar-refractivity contribution is -0.152. The third-order valence-corrected chi connectivity index (χ3v) is 9.41. The van der Waals surface area contributed by atoms with Gasteiger partial charge in [-0.2, -0.15) is 39.5 Å². The Hall–Kier alpha value is -3.89. The highest BCUT2D eigenvalue weighted by Crippen LogP contribution is 2.45. The molecule has 4 rings (SSSR count). The zero-order chi connectivity index (χ0) is 38.8. The van der Waals surface area contributed by atoms with Gasteiger partial charge >= 0.3 is 18.5 Å². The lowest BCUT2D eigenvalue weighted by Crippen LogP contribution is -2.25. The van der Waals surface area contributed by atoms with Gasteiger partial charge < -0.3 is 14.0 Å². The second-order valence-corrected chi connectivity index (χ2v) is 16.1. The third-order valence-electron chi connectivity index (χ3n) is 6.21. The molecule has 0 atom stereocenters. The monoisotopic (exact) mass is 768 g/mol. The van der Waals surface area contributed by atoms with Crippen LogP contribution in [0.25, 0.3) is 0 Å². The minimum atomic E-state index is -6.35. The molecule has 0 bridgehead atoms. The van der Waals surface area contributed by atoms with Crippen LogP contribution in [0, 0.1) is 0 Å². The second-order valence-electron chi connectivity index (χ2n) is 12.8. The highest BCUT2D eigenvalue weighted by Gasteiger charge is 2.46. The molecular weight excluding hydrogens is 735 g/mol. The van der Waals surface area contributed by atoms with Crippen molar-refractivity contribution >= 4 is 21.0 Å². The van der Waals surface area contributed by atoms with Crippen LogP contribution in [0.4, 0.5) is 39.5 Å². The molecule has 0 heterocycles. The van der Waals surface area contributed by atoms with Gasteiger partial charge in [-0.05, 0) is 84.0 Å². The summed E-state index contributed by atoms with van der Waals surface area (Å²) >= 11 is 0. The minimum Gasteiger partial charge on any atom is -0.744 e. The van der Waals surface area contributed by atoms with E-state index in [0.717, 1.165) is 11.5 Å². The van der Waals surface area contributed by atoms with Gasteiger partial charge in [0, 0.05) is 12.1 Å². The number of alkyl halides is 9. The number of rotatable bonds is 6. The van der Waals surface area contributed by atoms with Gasteiger partial charge in [-0.3, -0.25) is 0 Å². The maximum Gasteiger partial charge on any atom is 0.417 e. The summed E-state index contributed by atoms with van der Waals surface area (Å²) in [6.45, 7) is 12.4. The van der Waals surface area contributed by atoms with Crippen molar-refractivity contribution in [3.63, 3.8) is 0 Å². The van der Waals surface area contributed by atoms with Gasteiger partial charge in [0.15, 0.2) is 15.5 Å². The van der Waals surface area contributed by atoms with Crippen molar-refractivity contribution in [1.29, 1.82) is 0 Å². The number of halogens is 9. The largest absolute Gasteiger partial charge is 0.744 e. The molecule has 0 amide bonds. The molecular formula is C35H33F9O5S2. The zero-order valence-electron chi connectivity index (χ0n) is 27.9. The Morgan fingerprint density at radius 1 is 0.569 bits per heavy atom. The van der Waals surface area contributed by atoms with E-state index in [2.05, 4.69) is 114 Å². The first kappa shape index (κ1) is 41.5. The average molecular weight is 769 g/mol. The van der Waals surface area contributed by atoms with Crippen molar-refractivity contribution in [3.8, 4) is 11.5 Å². The molecule has 0 aromatic heterocycles. The van der Waals surface area contributed by atoms with Crippen molar-refractivity contribution in [1.82, 2.24) is 0 Å². The molecule has 16 heteroatoms. The van der Waals surface area contributed by atoms with Crippen molar-refractivity contribution in [2.24, 2.45) is 0 Å². The van der Waals surface area contributed by atoms with Gasteiger partial charge in [-0.15, -0.1) is 0 Å². The van der Waals surface area contributed by atoms with Gasteiger partial charge in [-0.1, -0.05) is 36.4 Å². The molecule has 0 radical (unpaired) electrons. The van der Waals surface area contributed by atoms with E-state index < -0.39 is 62.4 Å². The summed E-state index contributed by atoms with van der Waals surface area (Å²) in [6, 6.07) is 25.8. The molecule has 0 aliphatic rings. The van der Waals surface area contributed by atoms with E-state index in [4.69, 9.17) is 9.47 Å². The maximum atomic E-state index is 12.6. The summed E-state index contributed by atoms with van der Waals surface area (Å²) in [6.07, 6.45) is -17.5. The van der Waals surface area contributed by atoms with Gasteiger partial charge in [-0.25, -0.2) is 8.42 Å². The Kier molecular flexibility index (Phi) is 12.2. The summed E-state index contributed by atoms with van der Waals surface area (Å²) in [7, 11) is -6.62. The van der Waals surface area contributed by atoms with Crippen LogP contribution in [-0.2, 0) is 39.5 Å². The average Bonchev–Trinajstić information content (AvgIpc) is 2.96. The Balaban J connectivity index is 0.000000287.